The van der Waals surface area contributed by atoms with Gasteiger partial charge in [-0.15, -0.1) is 0 Å². The highest BCUT2D eigenvalue weighted by atomic mass is 79.9. The Hall–Kier alpha value is -2.27. The molecule has 2 aromatic heterocycles. The molecular weight excluding hydrogens is 346 g/mol. The molecule has 4 nitrogen and oxygen atoms in total. The van der Waals surface area contributed by atoms with Crippen LogP contribution in [0.1, 0.15) is 15.9 Å². The zero-order chi connectivity index (χ0) is 14.8. The minimum absolute atomic E-state index is 0. The monoisotopic (exact) mass is 359 g/mol. The third-order valence-corrected chi connectivity index (χ3v) is 3.33. The van der Waals surface area contributed by atoms with Crippen LogP contribution >= 0.6 is 0 Å². The van der Waals surface area contributed by atoms with Gasteiger partial charge in [0.15, 0.2) is 12.4 Å². The fourth-order valence-electron chi connectivity index (χ4n) is 2.14. The fourth-order valence-corrected chi connectivity index (χ4v) is 2.14. The van der Waals surface area contributed by atoms with Crippen LogP contribution in [0.25, 0.3) is 11.0 Å². The first-order valence-corrected chi connectivity index (χ1v) is 6.65. The van der Waals surface area contributed by atoms with E-state index in [4.69, 9.17) is 4.42 Å². The Labute approximate surface area is 137 Å². The SMILES string of the molecule is Cc1cc[n+](CC(=O)c2cc3ccccc3oc2=O)cc1.[Br-]. The number of carbonyl (C=O) groups excluding carboxylic acids is 1. The number of fused-ring (bicyclic) bond motifs is 1. The summed E-state index contributed by atoms with van der Waals surface area (Å²) in [4.78, 5) is 24.2. The average Bonchev–Trinajstić information content (AvgIpc) is 2.49. The number of nitrogens with zero attached hydrogens (tertiary/aromatic N) is 1. The van der Waals surface area contributed by atoms with Crippen molar-refractivity contribution in [2.24, 2.45) is 0 Å². The zero-order valence-corrected chi connectivity index (χ0v) is 13.5. The molecule has 0 saturated heterocycles. The number of aromatic nitrogens is 1. The highest BCUT2D eigenvalue weighted by Gasteiger charge is 2.17. The number of hydrogen-bond acceptors (Lipinski definition) is 3. The summed E-state index contributed by atoms with van der Waals surface area (Å²) in [6, 6.07) is 12.6. The van der Waals surface area contributed by atoms with Crippen molar-refractivity contribution in [2.45, 2.75) is 13.5 Å². The van der Waals surface area contributed by atoms with Gasteiger partial charge in [-0.1, -0.05) is 18.2 Å². The summed E-state index contributed by atoms with van der Waals surface area (Å²) in [5.74, 6) is -0.261. The molecule has 2 heterocycles. The smallest absolute Gasteiger partial charge is 0.347 e. The highest BCUT2D eigenvalue weighted by Crippen LogP contribution is 2.12. The van der Waals surface area contributed by atoms with Crippen molar-refractivity contribution in [1.82, 2.24) is 0 Å². The number of benzene rings is 1. The zero-order valence-electron chi connectivity index (χ0n) is 12.0. The van der Waals surface area contributed by atoms with Crippen LogP contribution in [0.3, 0.4) is 0 Å². The maximum absolute atomic E-state index is 12.3. The van der Waals surface area contributed by atoms with Crippen molar-refractivity contribution >= 4 is 16.8 Å². The van der Waals surface area contributed by atoms with Gasteiger partial charge in [0.1, 0.15) is 11.1 Å². The third kappa shape index (κ3) is 3.31. The molecule has 0 N–H and O–H groups in total. The third-order valence-electron chi connectivity index (χ3n) is 3.33. The second-order valence-electron chi connectivity index (χ2n) is 4.96. The van der Waals surface area contributed by atoms with Crippen LogP contribution in [0, 0.1) is 6.92 Å². The van der Waals surface area contributed by atoms with Crippen LogP contribution in [-0.2, 0) is 6.54 Å². The van der Waals surface area contributed by atoms with E-state index < -0.39 is 5.63 Å². The molecule has 112 valence electrons. The lowest BCUT2D eigenvalue weighted by Crippen LogP contribution is -3.00. The number of carbonyl (C=O) groups is 1. The standard InChI is InChI=1S/C17H14NO3.BrH/c1-12-6-8-18(9-7-12)11-15(19)14-10-13-4-2-3-5-16(13)21-17(14)20;/h2-10H,11H2,1H3;1H/q+1;/p-1. The lowest BCUT2D eigenvalue weighted by molar-refractivity contribution is -0.683. The number of pyridine rings is 1. The van der Waals surface area contributed by atoms with Crippen LogP contribution in [0.4, 0.5) is 0 Å². The van der Waals surface area contributed by atoms with Gasteiger partial charge >= 0.3 is 5.63 Å². The van der Waals surface area contributed by atoms with Gasteiger partial charge in [0.05, 0.1) is 0 Å². The summed E-state index contributed by atoms with van der Waals surface area (Å²) >= 11 is 0. The predicted molar refractivity (Wildman–Crippen MR) is 78.2 cm³/mol. The van der Waals surface area contributed by atoms with Crippen LogP contribution in [-0.4, -0.2) is 5.78 Å². The van der Waals surface area contributed by atoms with E-state index in [-0.39, 0.29) is 34.9 Å². The normalized spacial score (nSPS) is 10.2. The van der Waals surface area contributed by atoms with Gasteiger partial charge in [0, 0.05) is 17.5 Å². The van der Waals surface area contributed by atoms with Gasteiger partial charge in [-0.05, 0) is 24.6 Å². The lowest BCUT2D eigenvalue weighted by atomic mass is 10.1. The van der Waals surface area contributed by atoms with Crippen molar-refractivity contribution in [3.05, 3.63) is 76.4 Å². The van der Waals surface area contributed by atoms with Crippen molar-refractivity contribution in [3.63, 3.8) is 0 Å². The van der Waals surface area contributed by atoms with Gasteiger partial charge in [-0.3, -0.25) is 4.79 Å². The van der Waals surface area contributed by atoms with Crippen molar-refractivity contribution in [3.8, 4) is 0 Å². The highest BCUT2D eigenvalue weighted by molar-refractivity contribution is 5.97. The molecule has 0 aliphatic rings. The summed E-state index contributed by atoms with van der Waals surface area (Å²) in [5, 5.41) is 0.745. The molecule has 22 heavy (non-hydrogen) atoms. The van der Waals surface area contributed by atoms with E-state index in [0.717, 1.165) is 10.9 Å². The molecule has 0 saturated carbocycles. The van der Waals surface area contributed by atoms with Gasteiger partial charge in [-0.2, -0.15) is 4.57 Å². The summed E-state index contributed by atoms with van der Waals surface area (Å²) in [6.45, 7) is 2.09. The van der Waals surface area contributed by atoms with E-state index in [9.17, 15) is 9.59 Å². The maximum atomic E-state index is 12.3. The molecular formula is C17H14BrNO3. The number of rotatable bonds is 3. The number of aryl methyl sites for hydroxylation is 1. The van der Waals surface area contributed by atoms with Gasteiger partial charge in [0.25, 0.3) is 0 Å². The summed E-state index contributed by atoms with van der Waals surface area (Å²) in [6.07, 6.45) is 3.63. The Balaban J connectivity index is 0.00000176. The molecule has 5 heteroatoms. The van der Waals surface area contributed by atoms with Crippen LogP contribution < -0.4 is 27.2 Å². The Bertz CT molecular complexity index is 869. The molecule has 1 aromatic carbocycles. The van der Waals surface area contributed by atoms with Crippen LogP contribution in [0.5, 0.6) is 0 Å². The van der Waals surface area contributed by atoms with E-state index in [1.807, 2.05) is 43.6 Å². The van der Waals surface area contributed by atoms with E-state index in [2.05, 4.69) is 0 Å². The Morgan fingerprint density at radius 3 is 2.55 bits per heavy atom. The summed E-state index contributed by atoms with van der Waals surface area (Å²) < 4.78 is 6.93. The molecule has 0 spiro atoms. The van der Waals surface area contributed by atoms with Gasteiger partial charge in [-0.25, -0.2) is 4.79 Å². The Morgan fingerprint density at radius 1 is 1.14 bits per heavy atom. The van der Waals surface area contributed by atoms with Crippen LogP contribution in [0.2, 0.25) is 0 Å². The minimum atomic E-state index is -0.591. The van der Waals surface area contributed by atoms with E-state index in [1.165, 1.54) is 0 Å². The fraction of sp³-hybridized carbons (Fsp3) is 0.118. The lowest BCUT2D eigenvalue weighted by Gasteiger charge is -2.00. The van der Waals surface area contributed by atoms with Crippen molar-refractivity contribution in [2.75, 3.05) is 0 Å². The van der Waals surface area contributed by atoms with Gasteiger partial charge < -0.3 is 21.4 Å². The molecule has 3 rings (SSSR count). The summed E-state index contributed by atoms with van der Waals surface area (Å²) in [7, 11) is 0. The maximum Gasteiger partial charge on any atom is 0.347 e. The largest absolute Gasteiger partial charge is 1.00 e. The average molecular weight is 360 g/mol. The van der Waals surface area contributed by atoms with Crippen molar-refractivity contribution < 1.29 is 30.8 Å². The predicted octanol–water partition coefficient (Wildman–Crippen LogP) is -0.724. The van der Waals surface area contributed by atoms with E-state index in [0.29, 0.717) is 5.58 Å². The van der Waals surface area contributed by atoms with Gasteiger partial charge in [0.2, 0.25) is 12.3 Å². The van der Waals surface area contributed by atoms with Crippen molar-refractivity contribution in [1.29, 1.82) is 0 Å². The second kappa shape index (κ2) is 6.66. The number of ketones is 1. The second-order valence-corrected chi connectivity index (χ2v) is 4.96. The Morgan fingerprint density at radius 2 is 1.82 bits per heavy atom. The molecule has 0 bridgehead atoms. The first kappa shape index (κ1) is 16.1. The molecule has 0 amide bonds. The Kier molecular flexibility index (Phi) is 4.88. The summed E-state index contributed by atoms with van der Waals surface area (Å²) in [5.41, 5.74) is 1.10. The first-order chi connectivity index (χ1) is 10.1. The van der Waals surface area contributed by atoms with E-state index in [1.54, 1.807) is 22.8 Å². The molecule has 0 aliphatic carbocycles. The molecule has 0 atom stereocenters. The topological polar surface area (TPSA) is 51.2 Å². The number of hydrogen-bond donors (Lipinski definition) is 0. The quantitative estimate of drug-likeness (QED) is 0.352. The minimum Gasteiger partial charge on any atom is -1.00 e. The molecule has 0 aliphatic heterocycles. The number of Topliss-reactive ketones (excluding diaryl/α,β-unsaturated/α-hetero) is 1. The van der Waals surface area contributed by atoms with Crippen LogP contribution in [0.15, 0.2) is 64.1 Å². The van der Waals surface area contributed by atoms with E-state index >= 15 is 0 Å². The molecule has 0 radical (unpaired) electrons. The number of halogens is 1. The number of para-hydroxylation sites is 1. The molecule has 0 fully saturated rings. The molecule has 3 aromatic rings. The molecule has 0 unspecified atom stereocenters. The first-order valence-electron chi connectivity index (χ1n) is 6.65.